The summed E-state index contributed by atoms with van der Waals surface area (Å²) in [7, 11) is 0. The SMILES string of the molecule is CCCCC/C=C\CCCCCCCC(=O)OCCCCCCCCCCCCCCC/C=C\C/C=C\CCCCCCCCCCCCCCCCCCCC(=O)NC(CO)C(O)/C=C/CCCCCCCCCCCCCCC. The van der Waals surface area contributed by atoms with Gasteiger partial charge in [-0.2, -0.15) is 0 Å². The number of hydrogen-bond donors (Lipinski definition) is 3. The molecule has 0 aromatic carbocycles. The molecule has 476 valence electrons. The maximum Gasteiger partial charge on any atom is 0.305 e. The first kappa shape index (κ1) is 78.8. The molecule has 0 bridgehead atoms. The lowest BCUT2D eigenvalue weighted by atomic mass is 10.0. The Bertz CT molecular complexity index is 1360. The lowest BCUT2D eigenvalue weighted by Gasteiger charge is -2.20. The summed E-state index contributed by atoms with van der Waals surface area (Å²) in [6.07, 6.45) is 92.1. The fraction of sp³-hybridized carbons (Fsp3) is 0.867. The number of rotatable bonds is 68. The van der Waals surface area contributed by atoms with Crippen LogP contribution in [0.3, 0.4) is 0 Å². The maximum atomic E-state index is 12.5. The average molecular weight is 1140 g/mol. The summed E-state index contributed by atoms with van der Waals surface area (Å²) in [6.45, 7) is 4.90. The van der Waals surface area contributed by atoms with Gasteiger partial charge in [0.05, 0.1) is 25.4 Å². The second kappa shape index (κ2) is 70.3. The molecule has 81 heavy (non-hydrogen) atoms. The first-order chi connectivity index (χ1) is 40.0. The summed E-state index contributed by atoms with van der Waals surface area (Å²) in [4.78, 5) is 24.5. The van der Waals surface area contributed by atoms with Crippen molar-refractivity contribution >= 4 is 11.9 Å². The fourth-order valence-electron chi connectivity index (χ4n) is 11.3. The van der Waals surface area contributed by atoms with E-state index in [1.807, 2.05) is 6.08 Å². The molecule has 0 radical (unpaired) electrons. The van der Waals surface area contributed by atoms with Crippen molar-refractivity contribution in [1.82, 2.24) is 5.32 Å². The Kier molecular flexibility index (Phi) is 68.4. The van der Waals surface area contributed by atoms with E-state index in [4.69, 9.17) is 4.74 Å². The van der Waals surface area contributed by atoms with Gasteiger partial charge in [0.2, 0.25) is 5.91 Å². The standard InChI is InChI=1S/C75H141NO5/c1-3-5-7-9-11-13-15-17-41-44-47-51-55-59-63-67-73(78)72(71-77)76-74(79)68-64-60-56-52-48-45-42-39-37-35-33-31-29-27-25-23-21-19-18-20-22-24-26-28-30-32-34-36-38-40-43-46-50-54-58-62-66-70-81-75(80)69-65-61-57-53-49-16-14-12-10-8-6-4-2/h12,14,18,20,24,26,63,67,72-73,77-78H,3-11,13,15-17,19,21-23,25,27-62,64-66,68-71H2,1-2H3,(H,76,79)/b14-12-,20-18-,26-24-,67-63+. The van der Waals surface area contributed by atoms with Crippen LogP contribution in [0.15, 0.2) is 48.6 Å². The quantitative estimate of drug-likeness (QED) is 0.0320. The van der Waals surface area contributed by atoms with Gasteiger partial charge in [0.15, 0.2) is 0 Å². The molecule has 0 fully saturated rings. The predicted octanol–water partition coefficient (Wildman–Crippen LogP) is 23.6. The van der Waals surface area contributed by atoms with Gasteiger partial charge in [-0.05, 0) is 89.9 Å². The third kappa shape index (κ3) is 66.8. The average Bonchev–Trinajstić information content (AvgIpc) is 3.47. The Balaban J connectivity index is 3.38. The maximum absolute atomic E-state index is 12.5. The molecule has 2 unspecified atom stereocenters. The van der Waals surface area contributed by atoms with E-state index in [0.29, 0.717) is 19.4 Å². The van der Waals surface area contributed by atoms with Gasteiger partial charge in [0.25, 0.3) is 0 Å². The van der Waals surface area contributed by atoms with Gasteiger partial charge >= 0.3 is 5.97 Å². The minimum atomic E-state index is -0.843. The highest BCUT2D eigenvalue weighted by Crippen LogP contribution is 2.18. The number of ether oxygens (including phenoxy) is 1. The monoisotopic (exact) mass is 1140 g/mol. The number of aliphatic hydroxyl groups is 2. The summed E-state index contributed by atoms with van der Waals surface area (Å²) < 4.78 is 5.47. The molecule has 6 nitrogen and oxygen atoms in total. The van der Waals surface area contributed by atoms with Crippen LogP contribution in [0.2, 0.25) is 0 Å². The smallest absolute Gasteiger partial charge is 0.305 e. The first-order valence-electron chi connectivity index (χ1n) is 36.4. The van der Waals surface area contributed by atoms with Crippen LogP contribution in [-0.4, -0.2) is 47.4 Å². The van der Waals surface area contributed by atoms with Crippen molar-refractivity contribution in [3.63, 3.8) is 0 Å². The highest BCUT2D eigenvalue weighted by molar-refractivity contribution is 5.76. The topological polar surface area (TPSA) is 95.9 Å². The first-order valence-corrected chi connectivity index (χ1v) is 36.4. The molecule has 6 heteroatoms. The van der Waals surface area contributed by atoms with Crippen LogP contribution < -0.4 is 5.32 Å². The number of esters is 1. The van der Waals surface area contributed by atoms with E-state index in [9.17, 15) is 19.8 Å². The van der Waals surface area contributed by atoms with Crippen LogP contribution >= 0.6 is 0 Å². The predicted molar refractivity (Wildman–Crippen MR) is 356 cm³/mol. The summed E-state index contributed by atoms with van der Waals surface area (Å²) in [5, 5.41) is 23.2. The van der Waals surface area contributed by atoms with Crippen LogP contribution in [0.1, 0.15) is 393 Å². The van der Waals surface area contributed by atoms with Crippen molar-refractivity contribution in [2.45, 2.75) is 405 Å². The molecular formula is C75H141NO5. The van der Waals surface area contributed by atoms with E-state index in [-0.39, 0.29) is 18.5 Å². The van der Waals surface area contributed by atoms with Gasteiger partial charge in [-0.3, -0.25) is 9.59 Å². The molecule has 0 saturated carbocycles. The van der Waals surface area contributed by atoms with E-state index in [1.165, 1.54) is 315 Å². The Morgan fingerprint density at radius 3 is 0.975 bits per heavy atom. The highest BCUT2D eigenvalue weighted by Gasteiger charge is 2.18. The zero-order chi connectivity index (χ0) is 58.5. The Hall–Kier alpha value is -2.18. The Morgan fingerprint density at radius 2 is 0.617 bits per heavy atom. The van der Waals surface area contributed by atoms with Crippen LogP contribution in [0.25, 0.3) is 0 Å². The van der Waals surface area contributed by atoms with Crippen molar-refractivity contribution in [2.24, 2.45) is 0 Å². The van der Waals surface area contributed by atoms with Crippen molar-refractivity contribution in [3.05, 3.63) is 48.6 Å². The molecule has 3 N–H and O–H groups in total. The van der Waals surface area contributed by atoms with Crippen molar-refractivity contribution in [1.29, 1.82) is 0 Å². The number of amides is 1. The van der Waals surface area contributed by atoms with Crippen molar-refractivity contribution in [3.8, 4) is 0 Å². The Labute approximate surface area is 506 Å². The number of unbranched alkanes of at least 4 members (excludes halogenated alkanes) is 51. The molecule has 0 aromatic heterocycles. The lowest BCUT2D eigenvalue weighted by Crippen LogP contribution is -2.45. The summed E-state index contributed by atoms with van der Waals surface area (Å²) >= 11 is 0. The molecule has 0 aromatic rings. The van der Waals surface area contributed by atoms with Crippen LogP contribution in [0, 0.1) is 0 Å². The number of allylic oxidation sites excluding steroid dienone is 7. The van der Waals surface area contributed by atoms with Crippen molar-refractivity contribution in [2.75, 3.05) is 13.2 Å². The summed E-state index contributed by atoms with van der Waals surface area (Å²) in [5.74, 6) is -0.0548. The van der Waals surface area contributed by atoms with Gasteiger partial charge in [0.1, 0.15) is 0 Å². The van der Waals surface area contributed by atoms with Crippen molar-refractivity contribution < 1.29 is 24.5 Å². The van der Waals surface area contributed by atoms with E-state index in [1.54, 1.807) is 6.08 Å². The summed E-state index contributed by atoms with van der Waals surface area (Å²) in [5.41, 5.74) is 0. The second-order valence-corrected chi connectivity index (χ2v) is 24.9. The van der Waals surface area contributed by atoms with Crippen LogP contribution in [-0.2, 0) is 14.3 Å². The highest BCUT2D eigenvalue weighted by atomic mass is 16.5. The van der Waals surface area contributed by atoms with Crippen LogP contribution in [0.4, 0.5) is 0 Å². The van der Waals surface area contributed by atoms with Gasteiger partial charge in [-0.25, -0.2) is 0 Å². The summed E-state index contributed by atoms with van der Waals surface area (Å²) in [6, 6.07) is -0.626. The Morgan fingerprint density at radius 1 is 0.346 bits per heavy atom. The van der Waals surface area contributed by atoms with E-state index in [2.05, 4.69) is 55.6 Å². The minimum Gasteiger partial charge on any atom is -0.466 e. The molecule has 2 atom stereocenters. The lowest BCUT2D eigenvalue weighted by molar-refractivity contribution is -0.143. The van der Waals surface area contributed by atoms with E-state index in [0.717, 1.165) is 51.4 Å². The second-order valence-electron chi connectivity index (χ2n) is 24.9. The number of carbonyl (C=O) groups excluding carboxylic acids is 2. The fourth-order valence-corrected chi connectivity index (χ4v) is 11.3. The number of hydrogen-bond acceptors (Lipinski definition) is 5. The molecule has 0 aliphatic rings. The van der Waals surface area contributed by atoms with Gasteiger partial charge < -0.3 is 20.3 Å². The number of nitrogens with one attached hydrogen (secondary N) is 1. The molecule has 0 spiro atoms. The van der Waals surface area contributed by atoms with Crippen LogP contribution in [0.5, 0.6) is 0 Å². The van der Waals surface area contributed by atoms with Gasteiger partial charge in [0, 0.05) is 12.8 Å². The third-order valence-corrected chi connectivity index (χ3v) is 16.8. The van der Waals surface area contributed by atoms with E-state index < -0.39 is 12.1 Å². The normalized spacial score (nSPS) is 12.8. The molecule has 1 amide bonds. The molecule has 0 aliphatic carbocycles. The molecule has 0 heterocycles. The molecular weight excluding hydrogens is 995 g/mol. The largest absolute Gasteiger partial charge is 0.466 e. The number of carbonyl (C=O) groups is 2. The molecule has 0 saturated heterocycles. The minimum absolute atomic E-state index is 0.00845. The van der Waals surface area contributed by atoms with Gasteiger partial charge in [-0.15, -0.1) is 0 Å². The third-order valence-electron chi connectivity index (χ3n) is 16.8. The van der Waals surface area contributed by atoms with Gasteiger partial charge in [-0.1, -0.05) is 339 Å². The van der Waals surface area contributed by atoms with E-state index >= 15 is 0 Å². The molecule has 0 aliphatic heterocycles. The zero-order valence-electron chi connectivity index (χ0n) is 54.5. The zero-order valence-corrected chi connectivity index (χ0v) is 54.5. The number of aliphatic hydroxyl groups excluding tert-OH is 2. The molecule has 0 rings (SSSR count).